The highest BCUT2D eigenvalue weighted by molar-refractivity contribution is 5.22. The molecule has 0 radical (unpaired) electrons. The Bertz CT molecular complexity index is 207. The van der Waals surface area contributed by atoms with Crippen LogP contribution in [0.25, 0.3) is 0 Å². The van der Waals surface area contributed by atoms with Gasteiger partial charge in [-0.05, 0) is 19.9 Å². The van der Waals surface area contributed by atoms with Crippen molar-refractivity contribution in [3.8, 4) is 0 Å². The van der Waals surface area contributed by atoms with Gasteiger partial charge in [0, 0.05) is 25.2 Å². The van der Waals surface area contributed by atoms with Crippen LogP contribution < -0.4 is 0 Å². The monoisotopic (exact) mass is 163 g/mol. The number of nitrogens with zero attached hydrogens (tertiary/aromatic N) is 1. The second kappa shape index (κ2) is 4.81. The third kappa shape index (κ3) is 2.26. The van der Waals surface area contributed by atoms with Crippen LogP contribution in [0.3, 0.4) is 0 Å². The zero-order valence-electron chi connectivity index (χ0n) is 7.96. The van der Waals surface area contributed by atoms with E-state index in [2.05, 4.69) is 49.1 Å². The fraction of sp³-hybridized carbons (Fsp3) is 0.455. The van der Waals surface area contributed by atoms with Gasteiger partial charge in [-0.2, -0.15) is 0 Å². The summed E-state index contributed by atoms with van der Waals surface area (Å²) in [6, 6.07) is 0. The molecule has 0 aromatic carbocycles. The molecular weight excluding hydrogens is 146 g/mol. The molecule has 12 heavy (non-hydrogen) atoms. The normalized spacial score (nSPS) is 15.7. The molecule has 1 heteroatoms. The topological polar surface area (TPSA) is 3.24 Å². The van der Waals surface area contributed by atoms with Crippen LogP contribution in [0.4, 0.5) is 0 Å². The van der Waals surface area contributed by atoms with Crippen molar-refractivity contribution in [2.45, 2.75) is 20.3 Å². The molecule has 0 N–H and O–H groups in total. The Kier molecular flexibility index (Phi) is 3.65. The maximum atomic E-state index is 2.39. The quantitative estimate of drug-likeness (QED) is 0.618. The molecule has 0 unspecified atom stereocenters. The van der Waals surface area contributed by atoms with Gasteiger partial charge in [-0.3, -0.25) is 0 Å². The van der Waals surface area contributed by atoms with Crippen LogP contribution in [-0.4, -0.2) is 18.0 Å². The summed E-state index contributed by atoms with van der Waals surface area (Å²) >= 11 is 0. The van der Waals surface area contributed by atoms with E-state index in [4.69, 9.17) is 0 Å². The van der Waals surface area contributed by atoms with Gasteiger partial charge < -0.3 is 4.90 Å². The number of hydrogen-bond donors (Lipinski definition) is 0. The van der Waals surface area contributed by atoms with E-state index in [9.17, 15) is 0 Å². The molecule has 1 rings (SSSR count). The van der Waals surface area contributed by atoms with Crippen molar-refractivity contribution in [1.29, 1.82) is 0 Å². The molecule has 1 aliphatic rings. The summed E-state index contributed by atoms with van der Waals surface area (Å²) in [6.07, 6.45) is 11.8. The van der Waals surface area contributed by atoms with Gasteiger partial charge in [0.2, 0.25) is 0 Å². The minimum absolute atomic E-state index is 1.06. The Morgan fingerprint density at radius 1 is 1.17 bits per heavy atom. The van der Waals surface area contributed by atoms with E-state index in [0.29, 0.717) is 0 Å². The molecule has 0 saturated heterocycles. The molecule has 0 aliphatic heterocycles. The van der Waals surface area contributed by atoms with Gasteiger partial charge in [0.25, 0.3) is 0 Å². The van der Waals surface area contributed by atoms with Crippen molar-refractivity contribution >= 4 is 0 Å². The first kappa shape index (κ1) is 9.11. The van der Waals surface area contributed by atoms with Crippen molar-refractivity contribution in [2.75, 3.05) is 13.1 Å². The maximum absolute atomic E-state index is 2.39. The zero-order valence-corrected chi connectivity index (χ0v) is 7.96. The van der Waals surface area contributed by atoms with E-state index in [1.54, 1.807) is 0 Å². The number of allylic oxidation sites excluding steroid dienone is 5. The smallest absolute Gasteiger partial charge is 0.0171 e. The van der Waals surface area contributed by atoms with E-state index < -0.39 is 0 Å². The lowest BCUT2D eigenvalue weighted by atomic mass is 10.2. The van der Waals surface area contributed by atoms with Crippen molar-refractivity contribution in [2.24, 2.45) is 0 Å². The molecule has 0 atom stereocenters. The molecule has 1 aliphatic carbocycles. The van der Waals surface area contributed by atoms with Gasteiger partial charge in [-0.25, -0.2) is 0 Å². The molecule has 1 nitrogen and oxygen atoms in total. The lowest BCUT2D eigenvalue weighted by molar-refractivity contribution is 0.376. The first-order chi connectivity index (χ1) is 5.88. The Morgan fingerprint density at radius 2 is 1.92 bits per heavy atom. The predicted octanol–water partition coefficient (Wildman–Crippen LogP) is 2.73. The van der Waals surface area contributed by atoms with E-state index in [0.717, 1.165) is 19.5 Å². The van der Waals surface area contributed by atoms with Crippen molar-refractivity contribution in [3.63, 3.8) is 0 Å². The summed E-state index contributed by atoms with van der Waals surface area (Å²) in [6.45, 7) is 6.60. The second-order valence-electron chi connectivity index (χ2n) is 2.85. The molecule has 0 saturated carbocycles. The van der Waals surface area contributed by atoms with Gasteiger partial charge in [-0.1, -0.05) is 24.3 Å². The molecule has 0 spiro atoms. The highest BCUT2D eigenvalue weighted by Crippen LogP contribution is 2.11. The van der Waals surface area contributed by atoms with Crippen LogP contribution >= 0.6 is 0 Å². The molecule has 0 bridgehead atoms. The van der Waals surface area contributed by atoms with Crippen LogP contribution in [-0.2, 0) is 0 Å². The van der Waals surface area contributed by atoms with Crippen LogP contribution in [0, 0.1) is 0 Å². The lowest BCUT2D eigenvalue weighted by Crippen LogP contribution is -2.21. The predicted molar refractivity (Wildman–Crippen MR) is 53.9 cm³/mol. The largest absolute Gasteiger partial charge is 0.375 e. The average Bonchev–Trinajstić information content (AvgIpc) is 2.35. The zero-order chi connectivity index (χ0) is 8.81. The fourth-order valence-corrected chi connectivity index (χ4v) is 1.43. The minimum Gasteiger partial charge on any atom is -0.375 e. The summed E-state index contributed by atoms with van der Waals surface area (Å²) in [5.41, 5.74) is 1.42. The van der Waals surface area contributed by atoms with Crippen LogP contribution in [0.2, 0.25) is 0 Å². The Labute approximate surface area is 75.1 Å². The first-order valence-electron chi connectivity index (χ1n) is 4.65. The molecule has 0 fully saturated rings. The SMILES string of the molecule is CCN(CC)C1=CC=CC=CC1. The van der Waals surface area contributed by atoms with Crippen molar-refractivity contribution in [3.05, 3.63) is 36.1 Å². The van der Waals surface area contributed by atoms with Crippen LogP contribution in [0.15, 0.2) is 36.1 Å². The number of rotatable bonds is 3. The Hall–Kier alpha value is -0.980. The first-order valence-corrected chi connectivity index (χ1v) is 4.65. The van der Waals surface area contributed by atoms with Gasteiger partial charge in [0.1, 0.15) is 0 Å². The minimum atomic E-state index is 1.06. The molecular formula is C11H17N. The average molecular weight is 163 g/mol. The fourth-order valence-electron chi connectivity index (χ4n) is 1.43. The number of hydrogen-bond acceptors (Lipinski definition) is 1. The van der Waals surface area contributed by atoms with Crippen molar-refractivity contribution < 1.29 is 0 Å². The third-order valence-electron chi connectivity index (χ3n) is 2.14. The molecule has 0 aromatic rings. The van der Waals surface area contributed by atoms with Crippen LogP contribution in [0.1, 0.15) is 20.3 Å². The van der Waals surface area contributed by atoms with Gasteiger partial charge in [0.15, 0.2) is 0 Å². The molecule has 0 amide bonds. The third-order valence-corrected chi connectivity index (χ3v) is 2.14. The molecule has 0 heterocycles. The van der Waals surface area contributed by atoms with Gasteiger partial charge in [0.05, 0.1) is 0 Å². The van der Waals surface area contributed by atoms with Gasteiger partial charge in [-0.15, -0.1) is 0 Å². The van der Waals surface area contributed by atoms with E-state index in [1.807, 2.05) is 0 Å². The van der Waals surface area contributed by atoms with Crippen molar-refractivity contribution in [1.82, 2.24) is 4.90 Å². The van der Waals surface area contributed by atoms with E-state index in [-0.39, 0.29) is 0 Å². The Morgan fingerprint density at radius 3 is 2.58 bits per heavy atom. The highest BCUT2D eigenvalue weighted by Gasteiger charge is 2.02. The lowest BCUT2D eigenvalue weighted by Gasteiger charge is -2.23. The highest BCUT2D eigenvalue weighted by atomic mass is 15.1. The maximum Gasteiger partial charge on any atom is 0.0171 e. The summed E-state index contributed by atoms with van der Waals surface area (Å²) in [5, 5.41) is 0. The Balaban J connectivity index is 2.66. The summed E-state index contributed by atoms with van der Waals surface area (Å²) in [7, 11) is 0. The second-order valence-corrected chi connectivity index (χ2v) is 2.85. The summed E-state index contributed by atoms with van der Waals surface area (Å²) < 4.78 is 0. The van der Waals surface area contributed by atoms with Crippen LogP contribution in [0.5, 0.6) is 0 Å². The standard InChI is InChI=1S/C11H17N/c1-3-12(4-2)11-9-7-5-6-8-10-11/h5-9H,3-4,10H2,1-2H3. The van der Waals surface area contributed by atoms with E-state index in [1.165, 1.54) is 5.70 Å². The molecule has 66 valence electrons. The van der Waals surface area contributed by atoms with Gasteiger partial charge >= 0.3 is 0 Å². The summed E-state index contributed by atoms with van der Waals surface area (Å²) in [4.78, 5) is 2.39. The summed E-state index contributed by atoms with van der Waals surface area (Å²) in [5.74, 6) is 0. The molecule has 0 aromatic heterocycles. The van der Waals surface area contributed by atoms with E-state index >= 15 is 0 Å².